The second-order valence-corrected chi connectivity index (χ2v) is 4.80. The van der Waals surface area contributed by atoms with E-state index in [1.807, 2.05) is 12.1 Å². The Labute approximate surface area is 93.5 Å². The first kappa shape index (κ1) is 10.6. The molecular weight excluding hydrogens is 204 g/mol. The van der Waals surface area contributed by atoms with Gasteiger partial charge in [0, 0.05) is 6.07 Å². The van der Waals surface area contributed by atoms with E-state index in [-0.39, 0.29) is 11.4 Å². The van der Waals surface area contributed by atoms with Crippen molar-refractivity contribution in [1.29, 1.82) is 0 Å². The lowest BCUT2D eigenvalue weighted by atomic mass is 9.87. The van der Waals surface area contributed by atoms with Crippen LogP contribution in [0.3, 0.4) is 0 Å². The maximum atomic E-state index is 11.6. The zero-order chi connectivity index (χ0) is 11.9. The van der Waals surface area contributed by atoms with Crippen LogP contribution in [0.4, 0.5) is 5.95 Å². The molecule has 0 radical (unpaired) electrons. The molecule has 5 heteroatoms. The van der Waals surface area contributed by atoms with Crippen molar-refractivity contribution in [2.75, 3.05) is 5.73 Å². The normalized spacial score (nSPS) is 11.9. The third-order valence-corrected chi connectivity index (χ3v) is 2.48. The fourth-order valence-electron chi connectivity index (χ4n) is 1.53. The highest BCUT2D eigenvalue weighted by Gasteiger charge is 2.17. The Hall–Kier alpha value is -1.91. The first-order valence-electron chi connectivity index (χ1n) is 5.05. The van der Waals surface area contributed by atoms with Crippen LogP contribution in [0, 0.1) is 5.21 Å². The minimum absolute atomic E-state index is 0.00833. The van der Waals surface area contributed by atoms with Crippen LogP contribution >= 0.6 is 0 Å². The van der Waals surface area contributed by atoms with Crippen molar-refractivity contribution in [2.24, 2.45) is 0 Å². The van der Waals surface area contributed by atoms with Crippen molar-refractivity contribution in [1.82, 2.24) is 10.1 Å². The quantitative estimate of drug-likeness (QED) is 0.531. The third-order valence-electron chi connectivity index (χ3n) is 2.48. The molecule has 1 aromatic carbocycles. The molecule has 1 heterocycles. The summed E-state index contributed by atoms with van der Waals surface area (Å²) in [4.78, 5) is 4.53. The van der Waals surface area contributed by atoms with Gasteiger partial charge in [0.2, 0.25) is 0 Å². The second kappa shape index (κ2) is 3.30. The predicted molar refractivity (Wildman–Crippen MR) is 61.6 cm³/mol. The molecule has 0 aliphatic heterocycles. The lowest BCUT2D eigenvalue weighted by Gasteiger charge is -2.18. The van der Waals surface area contributed by atoms with Crippen LogP contribution in [0.2, 0.25) is 0 Å². The molecule has 0 aliphatic rings. The second-order valence-electron chi connectivity index (χ2n) is 4.80. The summed E-state index contributed by atoms with van der Waals surface area (Å²) in [5, 5.41) is 15.1. The molecule has 1 aromatic heterocycles. The number of nitrogen functional groups attached to an aromatic ring is 1. The Kier molecular flexibility index (Phi) is 2.18. The summed E-state index contributed by atoms with van der Waals surface area (Å²) in [5.74, 6) is -0.00833. The molecule has 16 heavy (non-hydrogen) atoms. The fourth-order valence-corrected chi connectivity index (χ4v) is 1.53. The van der Waals surface area contributed by atoms with Gasteiger partial charge in [-0.2, -0.15) is 0 Å². The molecule has 2 rings (SSSR count). The SMILES string of the molecule is CC(C)(C)c1ccc2nc(N)n[n+]([O-])c2c1. The summed E-state index contributed by atoms with van der Waals surface area (Å²) in [6.07, 6.45) is 0. The smallest absolute Gasteiger partial charge is 0.288 e. The molecule has 0 saturated carbocycles. The van der Waals surface area contributed by atoms with Gasteiger partial charge in [0.15, 0.2) is 0 Å². The largest absolute Gasteiger partial charge is 0.594 e. The van der Waals surface area contributed by atoms with Gasteiger partial charge in [-0.05, 0) is 21.9 Å². The number of hydrogen-bond donors (Lipinski definition) is 1. The van der Waals surface area contributed by atoms with Crippen molar-refractivity contribution in [2.45, 2.75) is 26.2 Å². The molecule has 0 unspecified atom stereocenters. The third kappa shape index (κ3) is 1.76. The maximum absolute atomic E-state index is 11.6. The zero-order valence-electron chi connectivity index (χ0n) is 9.56. The highest BCUT2D eigenvalue weighted by molar-refractivity contribution is 5.72. The molecule has 0 aliphatic carbocycles. The van der Waals surface area contributed by atoms with Crippen LogP contribution in [0.1, 0.15) is 26.3 Å². The van der Waals surface area contributed by atoms with Gasteiger partial charge in [0.25, 0.3) is 11.5 Å². The van der Waals surface area contributed by atoms with Crippen LogP contribution < -0.4 is 10.6 Å². The number of rotatable bonds is 0. The lowest BCUT2D eigenvalue weighted by molar-refractivity contribution is -0.641. The maximum Gasteiger partial charge on any atom is 0.288 e. The Morgan fingerprint density at radius 1 is 1.31 bits per heavy atom. The minimum atomic E-state index is -0.0113. The van der Waals surface area contributed by atoms with Crippen LogP contribution in [0.15, 0.2) is 18.2 Å². The van der Waals surface area contributed by atoms with Gasteiger partial charge in [-0.1, -0.05) is 26.8 Å². The molecule has 0 atom stereocenters. The average molecular weight is 218 g/mol. The number of nitrogens with zero attached hydrogens (tertiary/aromatic N) is 3. The Bertz CT molecular complexity index is 545. The highest BCUT2D eigenvalue weighted by Crippen LogP contribution is 2.24. The number of benzene rings is 1. The van der Waals surface area contributed by atoms with E-state index in [9.17, 15) is 5.21 Å². The van der Waals surface area contributed by atoms with Crippen LogP contribution in [-0.4, -0.2) is 10.1 Å². The van der Waals surface area contributed by atoms with Crippen molar-refractivity contribution >= 4 is 17.0 Å². The topological polar surface area (TPSA) is 78.7 Å². The van der Waals surface area contributed by atoms with Gasteiger partial charge in [0.1, 0.15) is 5.52 Å². The van der Waals surface area contributed by atoms with E-state index >= 15 is 0 Å². The molecule has 0 spiro atoms. The van der Waals surface area contributed by atoms with Crippen molar-refractivity contribution in [3.63, 3.8) is 0 Å². The molecule has 0 amide bonds. The lowest BCUT2D eigenvalue weighted by Crippen LogP contribution is -2.33. The molecule has 0 saturated heterocycles. The van der Waals surface area contributed by atoms with Gasteiger partial charge < -0.3 is 10.9 Å². The van der Waals surface area contributed by atoms with Gasteiger partial charge in [-0.15, -0.1) is 0 Å². The fraction of sp³-hybridized carbons (Fsp3) is 0.364. The minimum Gasteiger partial charge on any atom is -0.594 e. The average Bonchev–Trinajstić information content (AvgIpc) is 2.15. The van der Waals surface area contributed by atoms with Gasteiger partial charge in [-0.3, -0.25) is 0 Å². The van der Waals surface area contributed by atoms with E-state index in [0.29, 0.717) is 15.9 Å². The highest BCUT2D eigenvalue weighted by atomic mass is 16.5. The van der Waals surface area contributed by atoms with Crippen LogP contribution in [-0.2, 0) is 5.41 Å². The molecule has 0 fully saturated rings. The number of fused-ring (bicyclic) bond motifs is 1. The van der Waals surface area contributed by atoms with Gasteiger partial charge in [0.05, 0.1) is 5.10 Å². The zero-order valence-corrected chi connectivity index (χ0v) is 9.56. The summed E-state index contributed by atoms with van der Waals surface area (Å²) in [6.45, 7) is 6.25. The summed E-state index contributed by atoms with van der Waals surface area (Å²) in [5.41, 5.74) is 7.47. The standard InChI is InChI=1S/C11H14N4O/c1-11(2,3)7-4-5-8-9(6-7)15(16)14-10(12)13-8/h4-6H,1-3H3,(H2,12,13,14). The van der Waals surface area contributed by atoms with Gasteiger partial charge >= 0.3 is 0 Å². The Balaban J connectivity index is 2.72. The van der Waals surface area contributed by atoms with E-state index in [2.05, 4.69) is 30.9 Å². The van der Waals surface area contributed by atoms with E-state index in [1.54, 1.807) is 6.07 Å². The number of anilines is 1. The number of aromatic nitrogens is 3. The van der Waals surface area contributed by atoms with Gasteiger partial charge in [-0.25, -0.2) is 4.98 Å². The monoisotopic (exact) mass is 218 g/mol. The summed E-state index contributed by atoms with van der Waals surface area (Å²) in [6, 6.07) is 5.55. The van der Waals surface area contributed by atoms with Crippen molar-refractivity contribution in [3.8, 4) is 0 Å². The van der Waals surface area contributed by atoms with E-state index in [1.165, 1.54) is 0 Å². The Morgan fingerprint density at radius 3 is 2.62 bits per heavy atom. The molecule has 84 valence electrons. The molecule has 0 bridgehead atoms. The predicted octanol–water partition coefficient (Wildman–Crippen LogP) is 1.14. The van der Waals surface area contributed by atoms with Crippen LogP contribution in [0.5, 0.6) is 0 Å². The summed E-state index contributed by atoms with van der Waals surface area (Å²) < 4.78 is 0. The first-order valence-corrected chi connectivity index (χ1v) is 5.05. The van der Waals surface area contributed by atoms with E-state index in [0.717, 1.165) is 5.56 Å². The summed E-state index contributed by atoms with van der Waals surface area (Å²) >= 11 is 0. The van der Waals surface area contributed by atoms with E-state index in [4.69, 9.17) is 5.73 Å². The van der Waals surface area contributed by atoms with Crippen LogP contribution in [0.25, 0.3) is 11.0 Å². The molecule has 5 nitrogen and oxygen atoms in total. The van der Waals surface area contributed by atoms with Crippen molar-refractivity contribution < 1.29 is 4.85 Å². The van der Waals surface area contributed by atoms with Crippen molar-refractivity contribution in [3.05, 3.63) is 29.0 Å². The molecular formula is C11H14N4O. The molecule has 2 N–H and O–H groups in total. The number of nitrogens with two attached hydrogens (primary N) is 1. The number of hydrogen-bond acceptors (Lipinski definition) is 4. The van der Waals surface area contributed by atoms with E-state index < -0.39 is 0 Å². The summed E-state index contributed by atoms with van der Waals surface area (Å²) in [7, 11) is 0. The first-order chi connectivity index (χ1) is 7.38. The Morgan fingerprint density at radius 2 is 2.00 bits per heavy atom. The molecule has 2 aromatic rings.